The number of aromatic amines is 1. The van der Waals surface area contributed by atoms with Gasteiger partial charge in [-0.05, 0) is 18.1 Å². The molecule has 0 saturated carbocycles. The Morgan fingerprint density at radius 3 is 2.81 bits per heavy atom. The van der Waals surface area contributed by atoms with Crippen LogP contribution in [0.2, 0.25) is 0 Å². The first kappa shape index (κ1) is 16.8. The van der Waals surface area contributed by atoms with Crippen LogP contribution in [0.15, 0.2) is 35.0 Å². The van der Waals surface area contributed by atoms with E-state index in [1.54, 1.807) is 6.92 Å². The molecule has 1 N–H and O–H groups in total. The number of para-hydroxylation sites is 1. The molecule has 3 aromatic rings. The van der Waals surface area contributed by atoms with Gasteiger partial charge in [0, 0.05) is 56.7 Å². The fourth-order valence-electron chi connectivity index (χ4n) is 3.50. The molecule has 1 amide bonds. The Bertz CT molecular complexity index is 892. The van der Waals surface area contributed by atoms with Crippen LogP contribution < -0.4 is 0 Å². The fourth-order valence-corrected chi connectivity index (χ4v) is 3.50. The van der Waals surface area contributed by atoms with E-state index in [1.165, 1.54) is 16.5 Å². The van der Waals surface area contributed by atoms with Crippen molar-refractivity contribution in [1.29, 1.82) is 0 Å². The van der Waals surface area contributed by atoms with Gasteiger partial charge in [-0.15, -0.1) is 0 Å². The van der Waals surface area contributed by atoms with Crippen LogP contribution in [0.25, 0.3) is 10.9 Å². The third-order valence-electron chi connectivity index (χ3n) is 4.98. The highest BCUT2D eigenvalue weighted by Gasteiger charge is 2.22. The molecule has 1 saturated heterocycles. The second-order valence-corrected chi connectivity index (χ2v) is 6.74. The quantitative estimate of drug-likeness (QED) is 0.757. The fraction of sp³-hybridized carbons (Fsp3) is 0.421. The molecule has 1 aliphatic heterocycles. The molecule has 26 heavy (non-hydrogen) atoms. The van der Waals surface area contributed by atoms with Crippen molar-refractivity contribution in [3.05, 3.63) is 47.7 Å². The lowest BCUT2D eigenvalue weighted by Crippen LogP contribution is -2.49. The van der Waals surface area contributed by atoms with Crippen LogP contribution in [-0.2, 0) is 17.6 Å². The number of amides is 1. The van der Waals surface area contributed by atoms with E-state index in [0.29, 0.717) is 11.7 Å². The molecule has 0 unspecified atom stereocenters. The van der Waals surface area contributed by atoms with Gasteiger partial charge in [0.1, 0.15) is 0 Å². The lowest BCUT2D eigenvalue weighted by Gasteiger charge is -2.34. The summed E-state index contributed by atoms with van der Waals surface area (Å²) in [5.74, 6) is 1.03. The summed E-state index contributed by atoms with van der Waals surface area (Å²) < 4.78 is 4.92. The van der Waals surface area contributed by atoms with Crippen LogP contribution in [-0.4, -0.2) is 63.6 Å². The first-order valence-electron chi connectivity index (χ1n) is 9.03. The van der Waals surface area contributed by atoms with E-state index in [9.17, 15) is 4.79 Å². The smallest absolute Gasteiger partial charge is 0.230 e. The zero-order chi connectivity index (χ0) is 17.9. The first-order valence-corrected chi connectivity index (χ1v) is 9.03. The van der Waals surface area contributed by atoms with E-state index < -0.39 is 0 Å². The Balaban J connectivity index is 1.26. The number of aryl methyl sites for hydroxylation is 1. The van der Waals surface area contributed by atoms with Crippen LogP contribution in [0, 0.1) is 6.92 Å². The maximum absolute atomic E-state index is 12.4. The summed E-state index contributed by atoms with van der Waals surface area (Å²) in [6, 6.07) is 8.40. The van der Waals surface area contributed by atoms with Crippen molar-refractivity contribution in [2.24, 2.45) is 0 Å². The number of benzene rings is 1. The normalized spacial score (nSPS) is 15.7. The van der Waals surface area contributed by atoms with Crippen molar-refractivity contribution in [1.82, 2.24) is 24.9 Å². The summed E-state index contributed by atoms with van der Waals surface area (Å²) in [6.07, 6.45) is 3.34. The van der Waals surface area contributed by atoms with Crippen LogP contribution >= 0.6 is 0 Å². The molecule has 0 atom stereocenters. The molecule has 7 nitrogen and oxygen atoms in total. The van der Waals surface area contributed by atoms with Crippen molar-refractivity contribution in [2.45, 2.75) is 19.8 Å². The number of hydrogen-bond acceptors (Lipinski definition) is 5. The van der Waals surface area contributed by atoms with E-state index in [0.717, 1.165) is 39.1 Å². The Morgan fingerprint density at radius 1 is 1.23 bits per heavy atom. The van der Waals surface area contributed by atoms with Gasteiger partial charge in [-0.1, -0.05) is 23.4 Å². The molecule has 136 valence electrons. The van der Waals surface area contributed by atoms with Gasteiger partial charge in [-0.3, -0.25) is 9.69 Å². The molecule has 0 bridgehead atoms. The topological polar surface area (TPSA) is 78.3 Å². The number of hydrogen-bond donors (Lipinski definition) is 1. The molecule has 7 heteroatoms. The van der Waals surface area contributed by atoms with Gasteiger partial charge in [0.25, 0.3) is 0 Å². The summed E-state index contributed by atoms with van der Waals surface area (Å²) >= 11 is 0. The number of rotatable bonds is 5. The number of carbonyl (C=O) groups excluding carboxylic acids is 1. The third-order valence-corrected chi connectivity index (χ3v) is 4.98. The highest BCUT2D eigenvalue weighted by Crippen LogP contribution is 2.18. The average Bonchev–Trinajstić information content (AvgIpc) is 3.26. The average molecular weight is 353 g/mol. The van der Waals surface area contributed by atoms with E-state index in [-0.39, 0.29) is 12.3 Å². The molecule has 0 aliphatic carbocycles. The molecule has 1 fully saturated rings. The van der Waals surface area contributed by atoms with Gasteiger partial charge in [0.05, 0.1) is 6.42 Å². The van der Waals surface area contributed by atoms with Crippen LogP contribution in [0.4, 0.5) is 0 Å². The molecule has 3 heterocycles. The van der Waals surface area contributed by atoms with Crippen molar-refractivity contribution in [2.75, 3.05) is 32.7 Å². The Labute approximate surface area is 152 Å². The summed E-state index contributed by atoms with van der Waals surface area (Å²) in [4.78, 5) is 24.1. The number of piperazine rings is 1. The van der Waals surface area contributed by atoms with E-state index in [4.69, 9.17) is 4.52 Å². The highest BCUT2D eigenvalue weighted by molar-refractivity contribution is 5.83. The molecule has 1 aliphatic rings. The van der Waals surface area contributed by atoms with Gasteiger partial charge < -0.3 is 14.4 Å². The number of nitrogens with one attached hydrogen (secondary N) is 1. The number of fused-ring (bicyclic) bond motifs is 1. The van der Waals surface area contributed by atoms with Crippen molar-refractivity contribution in [3.8, 4) is 0 Å². The van der Waals surface area contributed by atoms with Gasteiger partial charge in [-0.25, -0.2) is 0 Å². The molecular weight excluding hydrogens is 330 g/mol. The van der Waals surface area contributed by atoms with Crippen LogP contribution in [0.5, 0.6) is 0 Å². The lowest BCUT2D eigenvalue weighted by atomic mass is 10.1. The maximum Gasteiger partial charge on any atom is 0.230 e. The van der Waals surface area contributed by atoms with Crippen molar-refractivity contribution >= 4 is 16.8 Å². The zero-order valence-electron chi connectivity index (χ0n) is 14.9. The summed E-state index contributed by atoms with van der Waals surface area (Å²) in [5.41, 5.74) is 2.54. The van der Waals surface area contributed by atoms with Crippen LogP contribution in [0.3, 0.4) is 0 Å². The minimum absolute atomic E-state index is 0.0714. The van der Waals surface area contributed by atoms with Gasteiger partial charge in [0.2, 0.25) is 11.8 Å². The predicted octanol–water partition coefficient (Wildman–Crippen LogP) is 1.79. The zero-order valence-corrected chi connectivity index (χ0v) is 14.9. The summed E-state index contributed by atoms with van der Waals surface area (Å²) in [6.45, 7) is 6.05. The largest absolute Gasteiger partial charge is 0.361 e. The minimum Gasteiger partial charge on any atom is -0.361 e. The van der Waals surface area contributed by atoms with E-state index in [2.05, 4.69) is 50.5 Å². The number of carbonyl (C=O) groups is 1. The summed E-state index contributed by atoms with van der Waals surface area (Å²) in [5, 5.41) is 5.10. The number of nitrogens with zero attached hydrogens (tertiary/aromatic N) is 4. The SMILES string of the molecule is Cc1nc(CC(=O)N2CCN(CCc3c[nH]c4ccccc34)CC2)no1. The highest BCUT2D eigenvalue weighted by atomic mass is 16.5. The second kappa shape index (κ2) is 7.29. The Morgan fingerprint density at radius 2 is 2.04 bits per heavy atom. The van der Waals surface area contributed by atoms with Crippen LogP contribution in [0.1, 0.15) is 17.3 Å². The standard InChI is InChI=1S/C19H23N5O2/c1-14-21-18(22-26-14)12-19(25)24-10-8-23(9-11-24)7-6-15-13-20-17-5-3-2-4-16(15)17/h2-5,13,20H,6-12H2,1H3. The molecule has 4 rings (SSSR count). The van der Waals surface area contributed by atoms with E-state index in [1.807, 2.05) is 4.90 Å². The number of aromatic nitrogens is 3. The first-order chi connectivity index (χ1) is 12.7. The Kier molecular flexibility index (Phi) is 4.71. The lowest BCUT2D eigenvalue weighted by molar-refractivity contribution is -0.132. The van der Waals surface area contributed by atoms with E-state index >= 15 is 0 Å². The predicted molar refractivity (Wildman–Crippen MR) is 97.8 cm³/mol. The molecule has 1 aromatic carbocycles. The van der Waals surface area contributed by atoms with Gasteiger partial charge in [0.15, 0.2) is 5.82 Å². The monoisotopic (exact) mass is 353 g/mol. The molecule has 2 aromatic heterocycles. The Hall–Kier alpha value is -2.67. The molecular formula is C19H23N5O2. The minimum atomic E-state index is 0.0714. The van der Waals surface area contributed by atoms with Crippen molar-refractivity contribution in [3.63, 3.8) is 0 Å². The summed E-state index contributed by atoms with van der Waals surface area (Å²) in [7, 11) is 0. The second-order valence-electron chi connectivity index (χ2n) is 6.74. The van der Waals surface area contributed by atoms with Gasteiger partial charge in [-0.2, -0.15) is 4.98 Å². The maximum atomic E-state index is 12.4. The van der Waals surface area contributed by atoms with Crippen molar-refractivity contribution < 1.29 is 9.32 Å². The number of H-pyrrole nitrogens is 1. The molecule has 0 radical (unpaired) electrons. The third kappa shape index (κ3) is 3.62. The molecule has 0 spiro atoms. The van der Waals surface area contributed by atoms with Gasteiger partial charge >= 0.3 is 0 Å².